The van der Waals surface area contributed by atoms with Crippen LogP contribution < -0.4 is 20.1 Å². The normalized spacial score (nSPS) is 13.6. The summed E-state index contributed by atoms with van der Waals surface area (Å²) in [5, 5.41) is 6.16. The summed E-state index contributed by atoms with van der Waals surface area (Å²) in [5.41, 5.74) is 0.950. The number of carbonyl (C=O) groups is 2. The number of ether oxygens (including phenoxy) is 2. The summed E-state index contributed by atoms with van der Waals surface area (Å²) < 4.78 is 11.0. The highest BCUT2D eigenvalue weighted by molar-refractivity contribution is 6.43. The highest BCUT2D eigenvalue weighted by Gasteiger charge is 2.20. The molecule has 3 rings (SSSR count). The summed E-state index contributed by atoms with van der Waals surface area (Å²) in [6.07, 6.45) is 0. The molecular weight excluding hydrogens is 427 g/mol. The predicted molar refractivity (Wildman–Crippen MR) is 108 cm³/mol. The van der Waals surface area contributed by atoms with Gasteiger partial charge in [0, 0.05) is 6.54 Å². The van der Waals surface area contributed by atoms with E-state index in [1.54, 1.807) is 31.2 Å². The maximum atomic E-state index is 12.3. The first kappa shape index (κ1) is 20.6. The zero-order chi connectivity index (χ0) is 20.3. The molecule has 0 fully saturated rings. The fraction of sp³-hybridized carbons (Fsp3) is 0.263. The number of hydrogen-bond acceptors (Lipinski definition) is 4. The number of halogens is 3. The van der Waals surface area contributed by atoms with Gasteiger partial charge in [0.1, 0.15) is 19.3 Å². The Bertz CT molecular complexity index is 920. The summed E-state index contributed by atoms with van der Waals surface area (Å²) >= 11 is 18.1. The maximum absolute atomic E-state index is 12.3. The molecule has 2 aromatic carbocycles. The highest BCUT2D eigenvalue weighted by Crippen LogP contribution is 2.38. The molecule has 0 spiro atoms. The average Bonchev–Trinajstić information content (AvgIpc) is 2.68. The van der Waals surface area contributed by atoms with Gasteiger partial charge >= 0.3 is 0 Å². The molecule has 1 atom stereocenters. The van der Waals surface area contributed by atoms with Crippen LogP contribution in [-0.4, -0.2) is 31.1 Å². The van der Waals surface area contributed by atoms with Crippen LogP contribution in [0.1, 0.15) is 22.8 Å². The third-order valence-corrected chi connectivity index (χ3v) is 5.16. The van der Waals surface area contributed by atoms with Crippen molar-refractivity contribution >= 4 is 46.6 Å². The van der Waals surface area contributed by atoms with Gasteiger partial charge in [-0.2, -0.15) is 0 Å². The Morgan fingerprint density at radius 2 is 1.86 bits per heavy atom. The Balaban J connectivity index is 1.59. The minimum absolute atomic E-state index is 0.139. The molecule has 0 saturated carbocycles. The molecule has 0 radical (unpaired) electrons. The minimum Gasteiger partial charge on any atom is -0.486 e. The third-order valence-electron chi connectivity index (χ3n) is 4.06. The van der Waals surface area contributed by atoms with E-state index in [0.29, 0.717) is 29.7 Å². The fourth-order valence-corrected chi connectivity index (χ4v) is 3.30. The first-order valence-corrected chi connectivity index (χ1v) is 9.61. The second kappa shape index (κ2) is 8.90. The van der Waals surface area contributed by atoms with Gasteiger partial charge < -0.3 is 20.1 Å². The predicted octanol–water partition coefficient (Wildman–Crippen LogP) is 3.85. The van der Waals surface area contributed by atoms with Crippen LogP contribution in [-0.2, 0) is 11.3 Å². The zero-order valence-electron chi connectivity index (χ0n) is 14.9. The van der Waals surface area contributed by atoms with Crippen molar-refractivity contribution in [1.29, 1.82) is 0 Å². The van der Waals surface area contributed by atoms with Gasteiger partial charge in [0.15, 0.2) is 11.5 Å². The Morgan fingerprint density at radius 1 is 1.11 bits per heavy atom. The van der Waals surface area contributed by atoms with E-state index in [2.05, 4.69) is 10.6 Å². The summed E-state index contributed by atoms with van der Waals surface area (Å²) in [4.78, 5) is 24.7. The van der Waals surface area contributed by atoms with E-state index >= 15 is 0 Å². The lowest BCUT2D eigenvalue weighted by Gasteiger charge is -2.20. The van der Waals surface area contributed by atoms with Crippen LogP contribution in [0.15, 0.2) is 30.3 Å². The molecule has 1 aliphatic heterocycles. The molecule has 1 unspecified atom stereocenters. The quantitative estimate of drug-likeness (QED) is 0.736. The van der Waals surface area contributed by atoms with Crippen molar-refractivity contribution in [3.05, 3.63) is 56.5 Å². The van der Waals surface area contributed by atoms with Crippen LogP contribution in [0.2, 0.25) is 15.1 Å². The van der Waals surface area contributed by atoms with Gasteiger partial charge in [0.25, 0.3) is 5.91 Å². The van der Waals surface area contributed by atoms with E-state index in [1.807, 2.05) is 0 Å². The van der Waals surface area contributed by atoms with Gasteiger partial charge in [0.2, 0.25) is 5.91 Å². The minimum atomic E-state index is -0.782. The maximum Gasteiger partial charge on any atom is 0.253 e. The zero-order valence-corrected chi connectivity index (χ0v) is 17.1. The molecule has 1 heterocycles. The van der Waals surface area contributed by atoms with E-state index in [9.17, 15) is 9.59 Å². The molecule has 148 valence electrons. The second-order valence-corrected chi connectivity index (χ2v) is 7.31. The summed E-state index contributed by atoms with van der Waals surface area (Å²) in [6, 6.07) is 7.40. The van der Waals surface area contributed by atoms with E-state index in [4.69, 9.17) is 44.3 Å². The van der Waals surface area contributed by atoms with Crippen molar-refractivity contribution in [3.63, 3.8) is 0 Å². The van der Waals surface area contributed by atoms with Crippen molar-refractivity contribution in [2.24, 2.45) is 0 Å². The number of fused-ring (bicyclic) bond motifs is 1. The molecule has 1 aliphatic rings. The van der Waals surface area contributed by atoms with Gasteiger partial charge in [-0.25, -0.2) is 0 Å². The van der Waals surface area contributed by atoms with Crippen molar-refractivity contribution < 1.29 is 19.1 Å². The standard InChI is InChI=1S/C19H17Cl3N2O4/c1-10(24-19(26)12-3-2-4-13(20)16(12)22)18(25)23-9-11-7-14(21)17-15(8-11)27-5-6-28-17/h2-4,7-8,10H,5-6,9H2,1H3,(H,23,25)(H,24,26). The van der Waals surface area contributed by atoms with Crippen LogP contribution in [0.3, 0.4) is 0 Å². The van der Waals surface area contributed by atoms with Gasteiger partial charge in [-0.05, 0) is 36.8 Å². The number of rotatable bonds is 5. The summed E-state index contributed by atoms with van der Waals surface area (Å²) in [6.45, 7) is 2.67. The Hall–Kier alpha value is -2.15. The van der Waals surface area contributed by atoms with Gasteiger partial charge in [0.05, 0.1) is 20.6 Å². The smallest absolute Gasteiger partial charge is 0.253 e. The molecular formula is C19H17Cl3N2O4. The average molecular weight is 444 g/mol. The highest BCUT2D eigenvalue weighted by atomic mass is 35.5. The van der Waals surface area contributed by atoms with Crippen LogP contribution >= 0.6 is 34.8 Å². The molecule has 9 heteroatoms. The molecule has 0 saturated heterocycles. The lowest BCUT2D eigenvalue weighted by Crippen LogP contribution is -2.44. The third kappa shape index (κ3) is 4.63. The van der Waals surface area contributed by atoms with Gasteiger partial charge in [-0.3, -0.25) is 9.59 Å². The first-order chi connectivity index (χ1) is 13.4. The van der Waals surface area contributed by atoms with E-state index < -0.39 is 11.9 Å². The number of carbonyl (C=O) groups excluding carboxylic acids is 2. The van der Waals surface area contributed by atoms with Crippen molar-refractivity contribution in [3.8, 4) is 11.5 Å². The SMILES string of the molecule is CC(NC(=O)c1cccc(Cl)c1Cl)C(=O)NCc1cc(Cl)c2c(c1)OCCO2. The largest absolute Gasteiger partial charge is 0.486 e. The van der Waals surface area contributed by atoms with E-state index in [1.165, 1.54) is 6.07 Å². The van der Waals surface area contributed by atoms with Crippen molar-refractivity contribution in [1.82, 2.24) is 10.6 Å². The number of nitrogens with one attached hydrogen (secondary N) is 2. The molecule has 28 heavy (non-hydrogen) atoms. The van der Waals surface area contributed by atoms with Crippen LogP contribution in [0.25, 0.3) is 0 Å². The number of amides is 2. The van der Waals surface area contributed by atoms with Crippen molar-refractivity contribution in [2.75, 3.05) is 13.2 Å². The van der Waals surface area contributed by atoms with Crippen LogP contribution in [0.5, 0.6) is 11.5 Å². The molecule has 6 nitrogen and oxygen atoms in total. The van der Waals surface area contributed by atoms with Crippen LogP contribution in [0, 0.1) is 0 Å². The van der Waals surface area contributed by atoms with Gasteiger partial charge in [-0.1, -0.05) is 40.9 Å². The molecule has 0 bridgehead atoms. The molecule has 2 amide bonds. The van der Waals surface area contributed by atoms with Crippen molar-refractivity contribution in [2.45, 2.75) is 19.5 Å². The first-order valence-electron chi connectivity index (χ1n) is 8.47. The molecule has 2 N–H and O–H groups in total. The number of benzene rings is 2. The summed E-state index contributed by atoms with van der Waals surface area (Å²) in [7, 11) is 0. The van der Waals surface area contributed by atoms with E-state index in [0.717, 1.165) is 5.56 Å². The lowest BCUT2D eigenvalue weighted by atomic mass is 10.1. The monoisotopic (exact) mass is 442 g/mol. The molecule has 0 aromatic heterocycles. The van der Waals surface area contributed by atoms with Gasteiger partial charge in [-0.15, -0.1) is 0 Å². The number of hydrogen-bond donors (Lipinski definition) is 2. The Morgan fingerprint density at radius 3 is 2.64 bits per heavy atom. The fourth-order valence-electron chi connectivity index (χ4n) is 2.63. The Kier molecular flexibility index (Phi) is 6.54. The molecule has 2 aromatic rings. The topological polar surface area (TPSA) is 76.7 Å². The van der Waals surface area contributed by atoms with E-state index in [-0.39, 0.29) is 28.1 Å². The van der Waals surface area contributed by atoms with Crippen LogP contribution in [0.4, 0.5) is 0 Å². The summed E-state index contributed by atoms with van der Waals surface area (Å²) in [5.74, 6) is 0.192. The lowest BCUT2D eigenvalue weighted by molar-refractivity contribution is -0.122. The molecule has 0 aliphatic carbocycles. The second-order valence-electron chi connectivity index (χ2n) is 6.12. The Labute approximate surface area is 177 Å².